The van der Waals surface area contributed by atoms with Crippen LogP contribution in [0.25, 0.3) is 6.08 Å². The Balaban J connectivity index is 1.76. The van der Waals surface area contributed by atoms with Gasteiger partial charge in [-0.1, -0.05) is 50.6 Å². The van der Waals surface area contributed by atoms with Gasteiger partial charge in [0, 0.05) is 5.56 Å². The van der Waals surface area contributed by atoms with Gasteiger partial charge in [0.1, 0.15) is 12.0 Å². The van der Waals surface area contributed by atoms with Gasteiger partial charge in [-0.2, -0.15) is 0 Å². The van der Waals surface area contributed by atoms with E-state index in [-0.39, 0.29) is 5.78 Å². The molecule has 0 amide bonds. The number of allylic oxidation sites excluding steroid dienone is 1. The van der Waals surface area contributed by atoms with Gasteiger partial charge in [0.05, 0.1) is 6.26 Å². The normalized spacial score (nSPS) is 11.3. The summed E-state index contributed by atoms with van der Waals surface area (Å²) in [5.41, 5.74) is 1.31. The number of furan rings is 1. The van der Waals surface area contributed by atoms with E-state index in [1.165, 1.54) is 44.6 Å². The van der Waals surface area contributed by atoms with Crippen LogP contribution < -0.4 is 0 Å². The van der Waals surface area contributed by atoms with Crippen molar-refractivity contribution < 1.29 is 13.7 Å². The van der Waals surface area contributed by atoms with Gasteiger partial charge in [-0.3, -0.25) is 4.79 Å². The minimum absolute atomic E-state index is 0.145. The zero-order valence-corrected chi connectivity index (χ0v) is 13.8. The Morgan fingerprint density at radius 2 is 1.96 bits per heavy atom. The van der Waals surface area contributed by atoms with Crippen LogP contribution in [0.4, 0.5) is 0 Å². The van der Waals surface area contributed by atoms with Crippen molar-refractivity contribution in [3.63, 3.8) is 0 Å². The van der Waals surface area contributed by atoms with Gasteiger partial charge >= 0.3 is 0 Å². The number of aryl methyl sites for hydroxylation is 1. The summed E-state index contributed by atoms with van der Waals surface area (Å²) in [5.74, 6) is 0.503. The lowest BCUT2D eigenvalue weighted by atomic mass is 10.0. The molecule has 0 radical (unpaired) electrons. The van der Waals surface area contributed by atoms with Crippen LogP contribution in [0.15, 0.2) is 39.7 Å². The van der Waals surface area contributed by atoms with Crippen LogP contribution in [0.5, 0.6) is 0 Å². The smallest absolute Gasteiger partial charge is 0.208 e. The summed E-state index contributed by atoms with van der Waals surface area (Å²) in [7, 11) is 0. The zero-order chi connectivity index (χ0) is 16.3. The van der Waals surface area contributed by atoms with E-state index in [1.54, 1.807) is 30.7 Å². The molecular formula is C19H25NO3. The Morgan fingerprint density at radius 1 is 1.17 bits per heavy atom. The van der Waals surface area contributed by atoms with Crippen LogP contribution in [0.2, 0.25) is 0 Å². The molecule has 2 aromatic rings. The van der Waals surface area contributed by atoms with Crippen molar-refractivity contribution in [3.8, 4) is 0 Å². The summed E-state index contributed by atoms with van der Waals surface area (Å²) >= 11 is 0. The molecule has 0 aliphatic heterocycles. The maximum Gasteiger partial charge on any atom is 0.208 e. The summed E-state index contributed by atoms with van der Waals surface area (Å²) in [4.78, 5) is 12.2. The van der Waals surface area contributed by atoms with E-state index in [2.05, 4.69) is 12.1 Å². The highest BCUT2D eigenvalue weighted by atomic mass is 16.5. The molecule has 0 saturated carbocycles. The predicted octanol–water partition coefficient (Wildman–Crippen LogP) is 5.46. The van der Waals surface area contributed by atoms with Gasteiger partial charge in [0.15, 0.2) is 5.69 Å². The lowest BCUT2D eigenvalue weighted by Gasteiger charge is -2.01. The van der Waals surface area contributed by atoms with Crippen molar-refractivity contribution in [2.75, 3.05) is 0 Å². The molecule has 2 aromatic heterocycles. The maximum atomic E-state index is 12.2. The molecule has 0 aliphatic carbocycles. The van der Waals surface area contributed by atoms with E-state index in [0.29, 0.717) is 11.5 Å². The number of ketones is 1. The number of unbranched alkanes of at least 4 members (excludes halogenated alkanes) is 6. The Labute approximate surface area is 137 Å². The summed E-state index contributed by atoms with van der Waals surface area (Å²) in [6, 6.07) is 3.58. The minimum atomic E-state index is -0.145. The molecule has 0 atom stereocenters. The molecule has 0 bridgehead atoms. The molecule has 4 nitrogen and oxygen atoms in total. The Morgan fingerprint density at radius 3 is 2.70 bits per heavy atom. The Bertz CT molecular complexity index is 596. The van der Waals surface area contributed by atoms with Crippen LogP contribution in [0.3, 0.4) is 0 Å². The monoisotopic (exact) mass is 315 g/mol. The first-order valence-electron chi connectivity index (χ1n) is 8.50. The molecule has 4 heteroatoms. The van der Waals surface area contributed by atoms with Crippen LogP contribution in [0.1, 0.15) is 73.7 Å². The number of nitrogens with zero attached hydrogens (tertiary/aromatic N) is 1. The molecule has 0 aliphatic rings. The molecule has 0 fully saturated rings. The van der Waals surface area contributed by atoms with Crippen molar-refractivity contribution in [1.82, 2.24) is 5.16 Å². The second kappa shape index (κ2) is 9.82. The first kappa shape index (κ1) is 17.3. The number of hydrogen-bond acceptors (Lipinski definition) is 4. The van der Waals surface area contributed by atoms with E-state index in [1.807, 2.05) is 0 Å². The number of carbonyl (C=O) groups is 1. The molecule has 0 N–H and O–H groups in total. The van der Waals surface area contributed by atoms with Gasteiger partial charge in [0.25, 0.3) is 0 Å². The highest BCUT2D eigenvalue weighted by Gasteiger charge is 2.13. The SMILES string of the molecule is CCCCCCCCCc1conc1C(=O)/C=C/c1ccco1. The highest BCUT2D eigenvalue weighted by molar-refractivity contribution is 6.06. The number of hydrogen-bond donors (Lipinski definition) is 0. The average Bonchev–Trinajstić information content (AvgIpc) is 3.23. The van der Waals surface area contributed by atoms with Gasteiger partial charge < -0.3 is 8.94 Å². The fourth-order valence-corrected chi connectivity index (χ4v) is 2.53. The highest BCUT2D eigenvalue weighted by Crippen LogP contribution is 2.15. The largest absolute Gasteiger partial charge is 0.465 e. The fourth-order valence-electron chi connectivity index (χ4n) is 2.53. The van der Waals surface area contributed by atoms with Crippen LogP contribution in [-0.2, 0) is 6.42 Å². The standard InChI is InChI=1S/C19H25NO3/c1-2-3-4-5-6-7-8-10-16-15-23-20-19(16)18(21)13-12-17-11-9-14-22-17/h9,11-15H,2-8,10H2,1H3/b13-12+. The van der Waals surface area contributed by atoms with Crippen LogP contribution >= 0.6 is 0 Å². The number of carbonyl (C=O) groups excluding carboxylic acids is 1. The van der Waals surface area contributed by atoms with Gasteiger partial charge in [-0.05, 0) is 37.1 Å². The van der Waals surface area contributed by atoms with Gasteiger partial charge in [0.2, 0.25) is 5.78 Å². The fraction of sp³-hybridized carbons (Fsp3) is 0.474. The van der Waals surface area contributed by atoms with Crippen molar-refractivity contribution >= 4 is 11.9 Å². The predicted molar refractivity (Wildman–Crippen MR) is 90.3 cm³/mol. The van der Waals surface area contributed by atoms with E-state index >= 15 is 0 Å². The first-order valence-corrected chi connectivity index (χ1v) is 8.50. The molecule has 0 spiro atoms. The molecule has 124 valence electrons. The lowest BCUT2D eigenvalue weighted by Crippen LogP contribution is -2.00. The molecule has 2 heterocycles. The minimum Gasteiger partial charge on any atom is -0.465 e. The molecule has 0 aromatic carbocycles. The van der Waals surface area contributed by atoms with Gasteiger partial charge in [-0.25, -0.2) is 0 Å². The molecule has 0 unspecified atom stereocenters. The van der Waals surface area contributed by atoms with Crippen molar-refractivity contribution in [3.05, 3.63) is 47.8 Å². The molecule has 2 rings (SSSR count). The summed E-state index contributed by atoms with van der Waals surface area (Å²) < 4.78 is 10.2. The van der Waals surface area contributed by atoms with Crippen molar-refractivity contribution in [2.24, 2.45) is 0 Å². The second-order valence-electron chi connectivity index (χ2n) is 5.77. The van der Waals surface area contributed by atoms with Crippen LogP contribution in [-0.4, -0.2) is 10.9 Å². The van der Waals surface area contributed by atoms with E-state index in [4.69, 9.17) is 8.94 Å². The summed E-state index contributed by atoms with van der Waals surface area (Å²) in [5, 5.41) is 3.85. The number of aromatic nitrogens is 1. The third-order valence-electron chi connectivity index (χ3n) is 3.87. The first-order chi connectivity index (χ1) is 11.3. The molecule has 0 saturated heterocycles. The maximum absolute atomic E-state index is 12.2. The Kier molecular flexibility index (Phi) is 7.37. The van der Waals surface area contributed by atoms with E-state index in [9.17, 15) is 4.79 Å². The number of rotatable bonds is 11. The third-order valence-corrected chi connectivity index (χ3v) is 3.87. The van der Waals surface area contributed by atoms with Crippen molar-refractivity contribution in [2.45, 2.75) is 58.3 Å². The van der Waals surface area contributed by atoms with Gasteiger partial charge in [-0.15, -0.1) is 0 Å². The zero-order valence-electron chi connectivity index (χ0n) is 13.8. The third kappa shape index (κ3) is 5.89. The lowest BCUT2D eigenvalue weighted by molar-refractivity contribution is 0.103. The van der Waals surface area contributed by atoms with E-state index in [0.717, 1.165) is 18.4 Å². The summed E-state index contributed by atoms with van der Waals surface area (Å²) in [6.07, 6.45) is 15.9. The average molecular weight is 315 g/mol. The Hall–Kier alpha value is -2.10. The van der Waals surface area contributed by atoms with Crippen molar-refractivity contribution in [1.29, 1.82) is 0 Å². The second-order valence-corrected chi connectivity index (χ2v) is 5.77. The quantitative estimate of drug-likeness (QED) is 0.314. The van der Waals surface area contributed by atoms with E-state index < -0.39 is 0 Å². The molecular weight excluding hydrogens is 290 g/mol. The topological polar surface area (TPSA) is 56.2 Å². The van der Waals surface area contributed by atoms with Crippen LogP contribution in [0, 0.1) is 0 Å². The molecule has 23 heavy (non-hydrogen) atoms. The summed E-state index contributed by atoms with van der Waals surface area (Å²) in [6.45, 7) is 2.23.